The van der Waals surface area contributed by atoms with E-state index >= 15 is 0 Å². The van der Waals surface area contributed by atoms with Crippen molar-refractivity contribution in [1.82, 2.24) is 15.0 Å². The van der Waals surface area contributed by atoms with E-state index in [1.165, 1.54) is 6.07 Å². The maximum atomic E-state index is 13.0. The second-order valence-corrected chi connectivity index (χ2v) is 9.79. The van der Waals surface area contributed by atoms with E-state index in [0.717, 1.165) is 37.2 Å². The second kappa shape index (κ2) is 6.52. The lowest BCUT2D eigenvalue weighted by atomic mass is 9.74. The predicted octanol–water partition coefficient (Wildman–Crippen LogP) is 3.04. The van der Waals surface area contributed by atoms with E-state index in [1.807, 2.05) is 20.8 Å². The van der Waals surface area contributed by atoms with Crippen molar-refractivity contribution in [2.75, 3.05) is 13.1 Å². The SMILES string of the molecule is CC(C)(C)[S@@+]([O-])N[C@@H]1c2ccc(C(F)F)nc2CC12CCNCC2. The van der Waals surface area contributed by atoms with Crippen LogP contribution in [0.2, 0.25) is 0 Å². The lowest BCUT2D eigenvalue weighted by Gasteiger charge is -2.40. The van der Waals surface area contributed by atoms with Gasteiger partial charge in [0.25, 0.3) is 6.43 Å². The van der Waals surface area contributed by atoms with Crippen LogP contribution in [0, 0.1) is 5.41 Å². The molecule has 2 aliphatic rings. The van der Waals surface area contributed by atoms with Gasteiger partial charge in [-0.2, -0.15) is 0 Å². The van der Waals surface area contributed by atoms with E-state index in [0.29, 0.717) is 6.42 Å². The van der Waals surface area contributed by atoms with Gasteiger partial charge < -0.3 is 9.87 Å². The molecule has 0 aromatic carbocycles. The van der Waals surface area contributed by atoms with Crippen LogP contribution in [0.1, 0.15) is 63.0 Å². The van der Waals surface area contributed by atoms with Crippen LogP contribution < -0.4 is 10.0 Å². The first-order chi connectivity index (χ1) is 11.2. The van der Waals surface area contributed by atoms with Crippen molar-refractivity contribution in [3.63, 3.8) is 0 Å². The summed E-state index contributed by atoms with van der Waals surface area (Å²) in [6.45, 7) is 7.56. The molecule has 7 heteroatoms. The van der Waals surface area contributed by atoms with Crippen molar-refractivity contribution in [3.8, 4) is 0 Å². The van der Waals surface area contributed by atoms with Gasteiger partial charge in [-0.25, -0.2) is 8.78 Å². The van der Waals surface area contributed by atoms with Gasteiger partial charge in [0.15, 0.2) is 0 Å². The highest BCUT2D eigenvalue weighted by Gasteiger charge is 2.50. The minimum Gasteiger partial charge on any atom is -0.598 e. The van der Waals surface area contributed by atoms with Crippen LogP contribution in [0.4, 0.5) is 8.78 Å². The minimum absolute atomic E-state index is 0.0950. The molecule has 1 fully saturated rings. The summed E-state index contributed by atoms with van der Waals surface area (Å²) < 4.78 is 41.6. The van der Waals surface area contributed by atoms with Crippen LogP contribution in [0.15, 0.2) is 12.1 Å². The summed E-state index contributed by atoms with van der Waals surface area (Å²) >= 11 is -1.22. The molecule has 2 heterocycles. The average molecular weight is 357 g/mol. The molecule has 1 aliphatic carbocycles. The Labute approximate surface area is 145 Å². The maximum absolute atomic E-state index is 13.0. The fourth-order valence-electron chi connectivity index (χ4n) is 3.68. The first-order valence-corrected chi connectivity index (χ1v) is 9.55. The monoisotopic (exact) mass is 357 g/mol. The average Bonchev–Trinajstić information content (AvgIpc) is 2.79. The number of piperidine rings is 1. The number of nitrogens with zero attached hydrogens (tertiary/aromatic N) is 1. The number of hydrogen-bond acceptors (Lipinski definition) is 4. The Kier molecular flexibility index (Phi) is 4.90. The standard InChI is InChI=1S/C17H25F2N3OS/c1-16(2,3)24(23)22-14-11-4-5-12(15(18)19)21-13(11)10-17(14)6-8-20-9-7-17/h4-5,14-15,20,22H,6-10H2,1-3H3/t14-,24-/m1/s1. The fraction of sp³-hybridized carbons (Fsp3) is 0.706. The van der Waals surface area contributed by atoms with Gasteiger partial charge >= 0.3 is 0 Å². The van der Waals surface area contributed by atoms with Crippen molar-refractivity contribution in [2.45, 2.75) is 57.2 Å². The number of alkyl halides is 2. The van der Waals surface area contributed by atoms with Crippen LogP contribution in [0.5, 0.6) is 0 Å². The Morgan fingerprint density at radius 1 is 1.33 bits per heavy atom. The van der Waals surface area contributed by atoms with Crippen LogP contribution in [-0.2, 0) is 17.8 Å². The smallest absolute Gasteiger partial charge is 0.280 e. The normalized spacial score (nSPS) is 24.4. The van der Waals surface area contributed by atoms with Crippen molar-refractivity contribution in [2.24, 2.45) is 5.41 Å². The van der Waals surface area contributed by atoms with Gasteiger partial charge in [-0.15, -0.1) is 4.72 Å². The Balaban J connectivity index is 1.96. The van der Waals surface area contributed by atoms with E-state index in [9.17, 15) is 13.3 Å². The number of aromatic nitrogens is 1. The lowest BCUT2D eigenvalue weighted by Crippen LogP contribution is -2.48. The highest BCUT2D eigenvalue weighted by atomic mass is 32.2. The summed E-state index contributed by atoms with van der Waals surface area (Å²) in [4.78, 5) is 4.21. The molecule has 0 bridgehead atoms. The zero-order chi connectivity index (χ0) is 17.5. The van der Waals surface area contributed by atoms with Crippen molar-refractivity contribution in [1.29, 1.82) is 0 Å². The molecule has 0 amide bonds. The molecule has 1 aliphatic heterocycles. The van der Waals surface area contributed by atoms with Gasteiger partial charge in [0.2, 0.25) is 0 Å². The number of nitrogens with one attached hydrogen (secondary N) is 2. The molecule has 1 aromatic rings. The van der Waals surface area contributed by atoms with E-state index < -0.39 is 17.8 Å². The summed E-state index contributed by atoms with van der Waals surface area (Å²) in [5.74, 6) is 0. The van der Waals surface area contributed by atoms with E-state index in [2.05, 4.69) is 15.0 Å². The molecular weight excluding hydrogens is 332 g/mol. The van der Waals surface area contributed by atoms with Crippen LogP contribution >= 0.6 is 0 Å². The molecule has 134 valence electrons. The van der Waals surface area contributed by atoms with Gasteiger partial charge in [-0.3, -0.25) is 4.98 Å². The molecule has 0 radical (unpaired) electrons. The summed E-state index contributed by atoms with van der Waals surface area (Å²) in [7, 11) is 0. The molecule has 1 saturated heterocycles. The Hall–Kier alpha value is -0.760. The van der Waals surface area contributed by atoms with E-state index in [-0.39, 0.29) is 21.9 Å². The van der Waals surface area contributed by atoms with Crippen molar-refractivity contribution in [3.05, 3.63) is 29.1 Å². The lowest BCUT2D eigenvalue weighted by molar-refractivity contribution is 0.145. The van der Waals surface area contributed by atoms with Crippen molar-refractivity contribution < 1.29 is 13.3 Å². The van der Waals surface area contributed by atoms with Gasteiger partial charge in [0, 0.05) is 22.5 Å². The fourth-order valence-corrected chi connectivity index (χ4v) is 4.63. The van der Waals surface area contributed by atoms with E-state index in [4.69, 9.17) is 0 Å². The molecule has 2 N–H and O–H groups in total. The molecule has 1 aromatic heterocycles. The highest BCUT2D eigenvalue weighted by molar-refractivity contribution is 7.90. The summed E-state index contributed by atoms with van der Waals surface area (Å²) in [5.41, 5.74) is 1.40. The molecule has 0 saturated carbocycles. The third-order valence-electron chi connectivity index (χ3n) is 5.08. The minimum atomic E-state index is -2.56. The van der Waals surface area contributed by atoms with E-state index in [1.54, 1.807) is 6.07 Å². The topological polar surface area (TPSA) is 60.0 Å². The number of halogens is 2. The zero-order valence-corrected chi connectivity index (χ0v) is 15.2. The summed E-state index contributed by atoms with van der Waals surface area (Å²) in [6, 6.07) is 3.05. The third-order valence-corrected chi connectivity index (χ3v) is 6.64. The quantitative estimate of drug-likeness (QED) is 0.817. The van der Waals surface area contributed by atoms with Crippen LogP contribution in [0.3, 0.4) is 0 Å². The second-order valence-electron chi connectivity index (χ2n) is 7.79. The van der Waals surface area contributed by atoms with Gasteiger partial charge in [0.1, 0.15) is 10.4 Å². The summed E-state index contributed by atoms with van der Waals surface area (Å²) in [6.07, 6.45) is -0.0440. The Morgan fingerprint density at radius 3 is 2.58 bits per heavy atom. The Morgan fingerprint density at radius 2 is 2.00 bits per heavy atom. The Bertz CT molecular complexity index is 600. The number of pyridine rings is 1. The highest BCUT2D eigenvalue weighted by Crippen LogP contribution is 2.51. The number of fused-ring (bicyclic) bond motifs is 1. The van der Waals surface area contributed by atoms with Crippen LogP contribution in [-0.4, -0.2) is 27.4 Å². The molecule has 0 unspecified atom stereocenters. The largest absolute Gasteiger partial charge is 0.598 e. The maximum Gasteiger partial charge on any atom is 0.280 e. The first-order valence-electron chi connectivity index (χ1n) is 8.40. The van der Waals surface area contributed by atoms with Crippen molar-refractivity contribution >= 4 is 11.4 Å². The van der Waals surface area contributed by atoms with Gasteiger partial charge in [0.05, 0.1) is 6.04 Å². The molecular formula is C17H25F2N3OS. The van der Waals surface area contributed by atoms with Gasteiger partial charge in [-0.1, -0.05) is 6.07 Å². The predicted molar refractivity (Wildman–Crippen MR) is 91.2 cm³/mol. The molecule has 2 atom stereocenters. The van der Waals surface area contributed by atoms with Gasteiger partial charge in [-0.05, 0) is 64.8 Å². The molecule has 1 spiro atoms. The molecule has 3 rings (SSSR count). The van der Waals surface area contributed by atoms with Crippen LogP contribution in [0.25, 0.3) is 0 Å². The third kappa shape index (κ3) is 3.31. The molecule has 24 heavy (non-hydrogen) atoms. The zero-order valence-electron chi connectivity index (χ0n) is 14.4. The summed E-state index contributed by atoms with van der Waals surface area (Å²) in [5, 5.41) is 3.35. The number of hydrogen-bond donors (Lipinski definition) is 2. The number of rotatable bonds is 3. The molecule has 4 nitrogen and oxygen atoms in total. The first kappa shape index (κ1) is 18.0.